The molecule has 0 aromatic carbocycles. The van der Waals surface area contributed by atoms with Crippen LogP contribution >= 0.6 is 0 Å². The molecule has 68 valence electrons. The van der Waals surface area contributed by atoms with Crippen molar-refractivity contribution in [2.24, 2.45) is 0 Å². The molecule has 12 heavy (non-hydrogen) atoms. The normalized spacial score (nSPS) is 47.5. The first-order valence-corrected chi connectivity index (χ1v) is 5.47. The van der Waals surface area contributed by atoms with E-state index in [0.29, 0.717) is 0 Å². The Kier molecular flexibility index (Phi) is 1.66. The van der Waals surface area contributed by atoms with Crippen LogP contribution in [0.4, 0.5) is 0 Å². The van der Waals surface area contributed by atoms with Crippen molar-refractivity contribution in [3.05, 3.63) is 0 Å². The van der Waals surface area contributed by atoms with Crippen LogP contribution in [0.2, 0.25) is 0 Å². The molecular formula is C10H18N2. The molecule has 2 aliphatic heterocycles. The third-order valence-corrected chi connectivity index (χ3v) is 3.86. The lowest BCUT2D eigenvalue weighted by Crippen LogP contribution is -2.38. The lowest BCUT2D eigenvalue weighted by atomic mass is 9.91. The van der Waals surface area contributed by atoms with Gasteiger partial charge in [-0.2, -0.15) is 0 Å². The molecule has 0 aromatic heterocycles. The maximum atomic E-state index is 3.78. The molecule has 3 unspecified atom stereocenters. The van der Waals surface area contributed by atoms with Gasteiger partial charge < -0.3 is 0 Å². The van der Waals surface area contributed by atoms with E-state index in [1.807, 2.05) is 0 Å². The molecule has 3 rings (SSSR count). The molecule has 0 radical (unpaired) electrons. The van der Waals surface area contributed by atoms with Crippen LogP contribution < -0.4 is 5.32 Å². The molecule has 0 spiro atoms. The third-order valence-electron chi connectivity index (χ3n) is 3.86. The highest BCUT2D eigenvalue weighted by molar-refractivity contribution is 5.00. The van der Waals surface area contributed by atoms with Gasteiger partial charge in [0.15, 0.2) is 0 Å². The molecule has 2 nitrogen and oxygen atoms in total. The van der Waals surface area contributed by atoms with Gasteiger partial charge in [-0.15, -0.1) is 0 Å². The smallest absolute Gasteiger partial charge is 0.0603 e. The van der Waals surface area contributed by atoms with Gasteiger partial charge in [-0.05, 0) is 25.7 Å². The summed E-state index contributed by atoms with van der Waals surface area (Å²) in [5.41, 5.74) is 0. The van der Waals surface area contributed by atoms with Crippen LogP contribution in [0.25, 0.3) is 0 Å². The average Bonchev–Trinajstić information content (AvgIpc) is 2.62. The maximum Gasteiger partial charge on any atom is 0.0603 e. The van der Waals surface area contributed by atoms with Gasteiger partial charge in [-0.1, -0.05) is 12.8 Å². The van der Waals surface area contributed by atoms with Gasteiger partial charge in [0.05, 0.1) is 6.17 Å². The zero-order valence-electron chi connectivity index (χ0n) is 7.63. The molecule has 1 N–H and O–H groups in total. The molecule has 2 heteroatoms. The maximum absolute atomic E-state index is 3.78. The second-order valence-electron chi connectivity index (χ2n) is 4.52. The van der Waals surface area contributed by atoms with E-state index in [1.165, 1.54) is 45.1 Å². The topological polar surface area (TPSA) is 15.3 Å². The summed E-state index contributed by atoms with van der Waals surface area (Å²) in [5.74, 6) is 0. The van der Waals surface area contributed by atoms with Crippen molar-refractivity contribution in [3.63, 3.8) is 0 Å². The molecule has 1 aliphatic carbocycles. The van der Waals surface area contributed by atoms with Crippen molar-refractivity contribution in [1.82, 2.24) is 10.2 Å². The zero-order valence-corrected chi connectivity index (χ0v) is 7.63. The fraction of sp³-hybridized carbons (Fsp3) is 1.00. The predicted molar refractivity (Wildman–Crippen MR) is 48.9 cm³/mol. The third kappa shape index (κ3) is 0.944. The van der Waals surface area contributed by atoms with Crippen LogP contribution in [0.3, 0.4) is 0 Å². The van der Waals surface area contributed by atoms with Crippen molar-refractivity contribution in [2.45, 2.75) is 56.8 Å². The predicted octanol–water partition coefficient (Wildman–Crippen LogP) is 1.32. The van der Waals surface area contributed by atoms with Crippen molar-refractivity contribution in [1.29, 1.82) is 0 Å². The van der Waals surface area contributed by atoms with E-state index in [9.17, 15) is 0 Å². The quantitative estimate of drug-likeness (QED) is 0.584. The first kappa shape index (κ1) is 7.34. The van der Waals surface area contributed by atoms with Gasteiger partial charge in [0.25, 0.3) is 0 Å². The summed E-state index contributed by atoms with van der Waals surface area (Å²) in [4.78, 5) is 2.73. The number of rotatable bonds is 0. The van der Waals surface area contributed by atoms with Crippen LogP contribution in [-0.4, -0.2) is 29.7 Å². The minimum atomic E-state index is 0.762. The minimum absolute atomic E-state index is 0.762. The lowest BCUT2D eigenvalue weighted by Gasteiger charge is -2.29. The molecule has 3 fully saturated rings. The number of hydrogen-bond donors (Lipinski definition) is 1. The van der Waals surface area contributed by atoms with Crippen molar-refractivity contribution in [2.75, 3.05) is 6.54 Å². The Labute approximate surface area is 74.3 Å². The van der Waals surface area contributed by atoms with Gasteiger partial charge in [-0.3, -0.25) is 10.2 Å². The largest absolute Gasteiger partial charge is 0.297 e. The molecular weight excluding hydrogens is 148 g/mol. The summed E-state index contributed by atoms with van der Waals surface area (Å²) in [6, 6.07) is 1.76. The Bertz CT molecular complexity index is 181. The zero-order chi connectivity index (χ0) is 7.97. The standard InChI is InChI=1S/C10H18N2/c1-2-5-9-8(4-1)11-10-6-3-7-12(9)10/h8-11H,1-7H2. The number of fused-ring (bicyclic) bond motifs is 3. The van der Waals surface area contributed by atoms with E-state index in [1.54, 1.807) is 0 Å². The summed E-state index contributed by atoms with van der Waals surface area (Å²) in [6.07, 6.45) is 9.37. The minimum Gasteiger partial charge on any atom is -0.297 e. The van der Waals surface area contributed by atoms with Crippen molar-refractivity contribution < 1.29 is 0 Å². The fourth-order valence-corrected chi connectivity index (χ4v) is 3.31. The van der Waals surface area contributed by atoms with Crippen molar-refractivity contribution >= 4 is 0 Å². The highest BCUT2D eigenvalue weighted by Gasteiger charge is 2.43. The second kappa shape index (κ2) is 2.71. The summed E-state index contributed by atoms with van der Waals surface area (Å²) in [7, 11) is 0. The van der Waals surface area contributed by atoms with E-state index >= 15 is 0 Å². The van der Waals surface area contributed by atoms with Gasteiger partial charge in [0.2, 0.25) is 0 Å². The van der Waals surface area contributed by atoms with E-state index in [0.717, 1.165) is 18.2 Å². The average molecular weight is 166 g/mol. The van der Waals surface area contributed by atoms with E-state index < -0.39 is 0 Å². The number of nitrogens with one attached hydrogen (secondary N) is 1. The Hall–Kier alpha value is -0.0800. The Balaban J connectivity index is 1.79. The van der Waals surface area contributed by atoms with Crippen LogP contribution in [0.5, 0.6) is 0 Å². The van der Waals surface area contributed by atoms with Crippen LogP contribution in [-0.2, 0) is 0 Å². The first-order chi connectivity index (χ1) is 5.95. The van der Waals surface area contributed by atoms with Gasteiger partial charge in [-0.25, -0.2) is 0 Å². The highest BCUT2D eigenvalue weighted by Crippen LogP contribution is 2.34. The van der Waals surface area contributed by atoms with E-state index in [2.05, 4.69) is 10.2 Å². The summed E-state index contributed by atoms with van der Waals surface area (Å²) in [6.45, 7) is 1.36. The molecule has 2 heterocycles. The summed E-state index contributed by atoms with van der Waals surface area (Å²) in [5, 5.41) is 3.78. The van der Waals surface area contributed by atoms with E-state index in [-0.39, 0.29) is 0 Å². The monoisotopic (exact) mass is 166 g/mol. The molecule has 0 bridgehead atoms. The first-order valence-electron chi connectivity index (χ1n) is 5.47. The molecule has 2 saturated heterocycles. The summed E-state index contributed by atoms with van der Waals surface area (Å²) < 4.78 is 0. The molecule has 3 atom stereocenters. The fourth-order valence-electron chi connectivity index (χ4n) is 3.31. The Morgan fingerprint density at radius 3 is 2.92 bits per heavy atom. The number of hydrogen-bond acceptors (Lipinski definition) is 2. The molecule has 3 aliphatic rings. The summed E-state index contributed by atoms with van der Waals surface area (Å²) >= 11 is 0. The lowest BCUT2D eigenvalue weighted by molar-refractivity contribution is 0.205. The van der Waals surface area contributed by atoms with Gasteiger partial charge in [0, 0.05) is 18.6 Å². The molecule has 0 aromatic rings. The van der Waals surface area contributed by atoms with Crippen LogP contribution in [0.15, 0.2) is 0 Å². The second-order valence-corrected chi connectivity index (χ2v) is 4.52. The van der Waals surface area contributed by atoms with Crippen molar-refractivity contribution in [3.8, 4) is 0 Å². The molecule has 1 saturated carbocycles. The van der Waals surface area contributed by atoms with E-state index in [4.69, 9.17) is 0 Å². The van der Waals surface area contributed by atoms with Gasteiger partial charge >= 0.3 is 0 Å². The molecule has 0 amide bonds. The SMILES string of the molecule is C1CCC2C(C1)NC1CCCN12. The Morgan fingerprint density at radius 2 is 1.92 bits per heavy atom. The van der Waals surface area contributed by atoms with Crippen LogP contribution in [0.1, 0.15) is 38.5 Å². The number of nitrogens with zero attached hydrogens (tertiary/aromatic N) is 1. The Morgan fingerprint density at radius 1 is 1.00 bits per heavy atom. The van der Waals surface area contributed by atoms with Crippen LogP contribution in [0, 0.1) is 0 Å². The van der Waals surface area contributed by atoms with Gasteiger partial charge in [0.1, 0.15) is 0 Å². The highest BCUT2D eigenvalue weighted by atomic mass is 15.4.